The largest absolute Gasteiger partial charge is 0.349 e. The van der Waals surface area contributed by atoms with E-state index >= 15 is 0 Å². The van der Waals surface area contributed by atoms with Crippen LogP contribution in [-0.4, -0.2) is 30.0 Å². The van der Waals surface area contributed by atoms with Crippen molar-refractivity contribution in [3.05, 3.63) is 54.0 Å². The van der Waals surface area contributed by atoms with E-state index in [2.05, 4.69) is 15.6 Å². The van der Waals surface area contributed by atoms with Gasteiger partial charge < -0.3 is 10.6 Å². The lowest BCUT2D eigenvalue weighted by atomic mass is 10.1. The van der Waals surface area contributed by atoms with Gasteiger partial charge in [0.15, 0.2) is 0 Å². The molecule has 2 aromatic rings. The normalized spacial score (nSPS) is 25.6. The Hall–Kier alpha value is -2.27. The van der Waals surface area contributed by atoms with E-state index < -0.39 is 0 Å². The fourth-order valence-corrected chi connectivity index (χ4v) is 3.21. The van der Waals surface area contributed by atoms with Gasteiger partial charge in [-0.05, 0) is 36.1 Å². The van der Waals surface area contributed by atoms with Gasteiger partial charge in [-0.2, -0.15) is 0 Å². The molecule has 0 bridgehead atoms. The first-order valence-electron chi connectivity index (χ1n) is 7.46. The zero-order valence-electron chi connectivity index (χ0n) is 11.9. The third-order valence-electron chi connectivity index (χ3n) is 4.54. The first-order valence-corrected chi connectivity index (χ1v) is 7.46. The van der Waals surface area contributed by atoms with Crippen LogP contribution in [0.5, 0.6) is 0 Å². The Bertz CT molecular complexity index is 706. The molecule has 1 aromatic heterocycles. The summed E-state index contributed by atoms with van der Waals surface area (Å²) in [6, 6.07) is 10.1. The number of benzene rings is 1. The van der Waals surface area contributed by atoms with Crippen molar-refractivity contribution in [1.29, 1.82) is 0 Å². The Morgan fingerprint density at radius 1 is 1.23 bits per heavy atom. The molecule has 0 unspecified atom stereocenters. The molecule has 2 aliphatic rings. The van der Waals surface area contributed by atoms with E-state index in [-0.39, 0.29) is 11.7 Å². The van der Waals surface area contributed by atoms with Gasteiger partial charge in [-0.1, -0.05) is 12.1 Å². The monoisotopic (exact) mass is 297 g/mol. The number of halogens is 1. The van der Waals surface area contributed by atoms with E-state index in [1.54, 1.807) is 30.5 Å². The van der Waals surface area contributed by atoms with Gasteiger partial charge in [0, 0.05) is 30.9 Å². The molecule has 1 amide bonds. The summed E-state index contributed by atoms with van der Waals surface area (Å²) in [5, 5.41) is 6.36. The van der Waals surface area contributed by atoms with Gasteiger partial charge in [-0.25, -0.2) is 4.39 Å². The molecule has 1 saturated heterocycles. The summed E-state index contributed by atoms with van der Waals surface area (Å²) in [6.45, 7) is 1.98. The van der Waals surface area contributed by atoms with Gasteiger partial charge in [-0.15, -0.1) is 0 Å². The van der Waals surface area contributed by atoms with Crippen molar-refractivity contribution in [1.82, 2.24) is 15.6 Å². The third kappa shape index (κ3) is 2.37. The molecule has 3 atom stereocenters. The molecule has 2 heterocycles. The van der Waals surface area contributed by atoms with Crippen molar-refractivity contribution in [2.24, 2.45) is 11.8 Å². The summed E-state index contributed by atoms with van der Waals surface area (Å²) in [7, 11) is 0. The Labute approximate surface area is 127 Å². The number of pyridine rings is 1. The molecule has 1 aliphatic heterocycles. The van der Waals surface area contributed by atoms with Crippen molar-refractivity contribution in [3.8, 4) is 11.3 Å². The maximum Gasteiger partial charge on any atom is 0.253 e. The Morgan fingerprint density at radius 3 is 2.73 bits per heavy atom. The van der Waals surface area contributed by atoms with Crippen LogP contribution >= 0.6 is 0 Å². The van der Waals surface area contributed by atoms with E-state index in [0.29, 0.717) is 34.7 Å². The van der Waals surface area contributed by atoms with Crippen LogP contribution in [0.4, 0.5) is 4.39 Å². The Kier molecular flexibility index (Phi) is 3.15. The lowest BCUT2D eigenvalue weighted by Gasteiger charge is -2.08. The molecule has 1 aliphatic carbocycles. The van der Waals surface area contributed by atoms with Crippen molar-refractivity contribution in [2.45, 2.75) is 6.04 Å². The number of carbonyl (C=O) groups is 1. The topological polar surface area (TPSA) is 54.0 Å². The fourth-order valence-electron chi connectivity index (χ4n) is 3.21. The minimum atomic E-state index is -0.296. The molecule has 1 saturated carbocycles. The number of fused-ring (bicyclic) bond motifs is 1. The van der Waals surface area contributed by atoms with E-state index in [4.69, 9.17) is 0 Å². The molecule has 4 nitrogen and oxygen atoms in total. The number of amides is 1. The molecular formula is C17H16FN3O. The maximum atomic E-state index is 13.2. The van der Waals surface area contributed by atoms with Crippen LogP contribution in [0.2, 0.25) is 0 Å². The van der Waals surface area contributed by atoms with Crippen LogP contribution < -0.4 is 10.6 Å². The third-order valence-corrected chi connectivity index (χ3v) is 4.54. The highest BCUT2D eigenvalue weighted by Gasteiger charge is 2.53. The molecule has 0 radical (unpaired) electrons. The lowest BCUT2D eigenvalue weighted by molar-refractivity contribution is 0.0946. The average molecular weight is 297 g/mol. The number of rotatable bonds is 3. The second kappa shape index (κ2) is 5.18. The summed E-state index contributed by atoms with van der Waals surface area (Å²) in [6.07, 6.45) is 1.55. The Morgan fingerprint density at radius 2 is 2.05 bits per heavy atom. The van der Waals surface area contributed by atoms with Gasteiger partial charge in [0.05, 0.1) is 11.3 Å². The molecule has 2 N–H and O–H groups in total. The van der Waals surface area contributed by atoms with Crippen LogP contribution in [-0.2, 0) is 0 Å². The fraction of sp³-hybridized carbons (Fsp3) is 0.294. The van der Waals surface area contributed by atoms with Gasteiger partial charge in [0.25, 0.3) is 5.91 Å². The number of aromatic nitrogens is 1. The summed E-state index contributed by atoms with van der Waals surface area (Å²) in [4.78, 5) is 16.5. The highest BCUT2D eigenvalue weighted by atomic mass is 19.1. The molecule has 1 aromatic carbocycles. The first kappa shape index (κ1) is 13.4. The van der Waals surface area contributed by atoms with Gasteiger partial charge in [-0.3, -0.25) is 9.78 Å². The smallest absolute Gasteiger partial charge is 0.253 e. The Balaban J connectivity index is 1.46. The van der Waals surface area contributed by atoms with Gasteiger partial charge >= 0.3 is 0 Å². The number of carbonyl (C=O) groups excluding carboxylic acids is 1. The van der Waals surface area contributed by atoms with Crippen molar-refractivity contribution in [2.75, 3.05) is 13.1 Å². The summed E-state index contributed by atoms with van der Waals surface area (Å²) in [5.74, 6) is 0.791. The quantitative estimate of drug-likeness (QED) is 0.909. The van der Waals surface area contributed by atoms with E-state index in [1.807, 2.05) is 0 Å². The SMILES string of the molecule is O=C(N[C@@H]1[C@@H]2CNC[C@@H]21)c1ccc(-c2cccc(F)c2)nc1. The number of nitrogens with zero attached hydrogens (tertiary/aromatic N) is 1. The minimum Gasteiger partial charge on any atom is -0.349 e. The second-order valence-electron chi connectivity index (χ2n) is 5.93. The van der Waals surface area contributed by atoms with Crippen LogP contribution in [0.15, 0.2) is 42.6 Å². The van der Waals surface area contributed by atoms with Crippen molar-refractivity contribution in [3.63, 3.8) is 0 Å². The molecule has 112 valence electrons. The summed E-state index contributed by atoms with van der Waals surface area (Å²) >= 11 is 0. The maximum absolute atomic E-state index is 13.2. The zero-order chi connectivity index (χ0) is 15.1. The van der Waals surface area contributed by atoms with Gasteiger partial charge in [0.2, 0.25) is 0 Å². The molecule has 0 spiro atoms. The zero-order valence-corrected chi connectivity index (χ0v) is 11.9. The van der Waals surface area contributed by atoms with Crippen LogP contribution in [0.3, 0.4) is 0 Å². The molecule has 2 fully saturated rings. The average Bonchev–Trinajstić information content (AvgIpc) is 2.97. The van der Waals surface area contributed by atoms with Gasteiger partial charge in [0.1, 0.15) is 5.82 Å². The predicted molar refractivity (Wildman–Crippen MR) is 80.7 cm³/mol. The van der Waals surface area contributed by atoms with E-state index in [9.17, 15) is 9.18 Å². The highest BCUT2D eigenvalue weighted by molar-refractivity contribution is 5.94. The predicted octanol–water partition coefficient (Wildman–Crippen LogP) is 1.84. The van der Waals surface area contributed by atoms with Crippen molar-refractivity contribution >= 4 is 5.91 Å². The molecule has 4 rings (SSSR count). The number of hydrogen-bond donors (Lipinski definition) is 2. The minimum absolute atomic E-state index is 0.0855. The number of nitrogens with one attached hydrogen (secondary N) is 2. The molecule has 22 heavy (non-hydrogen) atoms. The van der Waals surface area contributed by atoms with Crippen molar-refractivity contribution < 1.29 is 9.18 Å². The summed E-state index contributed by atoms with van der Waals surface area (Å²) < 4.78 is 13.2. The van der Waals surface area contributed by atoms with E-state index in [0.717, 1.165) is 13.1 Å². The standard InChI is InChI=1S/C17H16FN3O/c18-12-3-1-2-10(6-12)15-5-4-11(7-20-15)17(22)21-16-13-8-19-9-14(13)16/h1-7,13-14,16,19H,8-9H2,(H,21,22)/t13-,14+,16-. The van der Waals surface area contributed by atoms with Crippen LogP contribution in [0.1, 0.15) is 10.4 Å². The first-order chi connectivity index (χ1) is 10.7. The molecule has 5 heteroatoms. The van der Waals surface area contributed by atoms with Crippen LogP contribution in [0.25, 0.3) is 11.3 Å². The lowest BCUT2D eigenvalue weighted by Crippen LogP contribution is -2.32. The van der Waals surface area contributed by atoms with E-state index in [1.165, 1.54) is 12.1 Å². The highest BCUT2D eigenvalue weighted by Crippen LogP contribution is 2.41. The number of hydrogen-bond acceptors (Lipinski definition) is 3. The second-order valence-corrected chi connectivity index (χ2v) is 5.93. The number of piperidine rings is 1. The summed E-state index contributed by atoms with van der Waals surface area (Å²) in [5.41, 5.74) is 1.90. The van der Waals surface area contributed by atoms with Crippen LogP contribution in [0, 0.1) is 17.7 Å². The molecular weight excluding hydrogens is 281 g/mol.